The molecule has 174 valence electrons. The summed E-state index contributed by atoms with van der Waals surface area (Å²) in [5.74, 6) is 1.34. The van der Waals surface area contributed by atoms with Crippen molar-refractivity contribution in [1.82, 2.24) is 15.1 Å². The van der Waals surface area contributed by atoms with Crippen LogP contribution in [0.5, 0.6) is 11.5 Å². The molecule has 1 N–H and O–H groups in total. The minimum atomic E-state index is -0.191. The first-order valence-electron chi connectivity index (χ1n) is 11.7. The first-order chi connectivity index (χ1) is 16.0. The lowest BCUT2D eigenvalue weighted by Crippen LogP contribution is -2.27. The van der Waals surface area contributed by atoms with Crippen LogP contribution in [0.15, 0.2) is 48.5 Å². The monoisotopic (exact) mass is 447 g/mol. The molecule has 1 unspecified atom stereocenters. The molecule has 1 fully saturated rings. The van der Waals surface area contributed by atoms with Crippen molar-refractivity contribution >= 4 is 5.91 Å². The van der Waals surface area contributed by atoms with Crippen LogP contribution in [0.1, 0.15) is 71.5 Å². The van der Waals surface area contributed by atoms with E-state index < -0.39 is 0 Å². The van der Waals surface area contributed by atoms with Crippen LogP contribution in [0.25, 0.3) is 0 Å². The van der Waals surface area contributed by atoms with E-state index in [1.165, 1.54) is 12.8 Å². The number of aromatic nitrogens is 2. The maximum absolute atomic E-state index is 13.2. The van der Waals surface area contributed by atoms with Gasteiger partial charge in [-0.15, -0.1) is 0 Å². The van der Waals surface area contributed by atoms with E-state index in [4.69, 9.17) is 9.47 Å². The molecule has 1 heterocycles. The van der Waals surface area contributed by atoms with Gasteiger partial charge in [-0.1, -0.05) is 36.4 Å². The number of carbonyl (C=O) groups is 1. The van der Waals surface area contributed by atoms with Crippen molar-refractivity contribution in [3.8, 4) is 11.5 Å². The Bertz CT molecular complexity index is 1100. The number of hydrogen-bond acceptors (Lipinski definition) is 4. The number of rotatable bonds is 8. The Kier molecular flexibility index (Phi) is 7.02. The van der Waals surface area contributed by atoms with Gasteiger partial charge in [-0.3, -0.25) is 9.48 Å². The topological polar surface area (TPSA) is 65.4 Å². The lowest BCUT2D eigenvalue weighted by Gasteiger charge is -2.19. The first-order valence-corrected chi connectivity index (χ1v) is 11.7. The quantitative estimate of drug-likeness (QED) is 0.504. The normalized spacial score (nSPS) is 14.8. The van der Waals surface area contributed by atoms with Gasteiger partial charge in [-0.25, -0.2) is 0 Å². The molecule has 1 saturated carbocycles. The van der Waals surface area contributed by atoms with Gasteiger partial charge >= 0.3 is 0 Å². The van der Waals surface area contributed by atoms with Crippen LogP contribution in [0.4, 0.5) is 0 Å². The smallest absolute Gasteiger partial charge is 0.255 e. The highest BCUT2D eigenvalue weighted by atomic mass is 16.5. The molecule has 1 aliphatic carbocycles. The van der Waals surface area contributed by atoms with E-state index in [-0.39, 0.29) is 18.1 Å². The van der Waals surface area contributed by atoms with Crippen LogP contribution in [-0.4, -0.2) is 28.9 Å². The van der Waals surface area contributed by atoms with Crippen LogP contribution in [0, 0.1) is 13.8 Å². The van der Waals surface area contributed by atoms with Gasteiger partial charge in [0.1, 0.15) is 0 Å². The Morgan fingerprint density at radius 2 is 1.85 bits per heavy atom. The van der Waals surface area contributed by atoms with Crippen molar-refractivity contribution < 1.29 is 14.3 Å². The van der Waals surface area contributed by atoms with Crippen molar-refractivity contribution in [3.63, 3.8) is 0 Å². The summed E-state index contributed by atoms with van der Waals surface area (Å²) < 4.78 is 13.6. The van der Waals surface area contributed by atoms with Gasteiger partial charge < -0.3 is 14.8 Å². The minimum absolute atomic E-state index is 0.123. The molecule has 0 spiro atoms. The Morgan fingerprint density at radius 3 is 2.55 bits per heavy atom. The number of aryl methyl sites for hydroxylation is 1. The summed E-state index contributed by atoms with van der Waals surface area (Å²) in [6.07, 6.45) is 4.88. The predicted molar refractivity (Wildman–Crippen MR) is 129 cm³/mol. The number of nitrogens with one attached hydrogen (secondary N) is 1. The fraction of sp³-hybridized carbons (Fsp3) is 0.407. The van der Waals surface area contributed by atoms with Crippen LogP contribution < -0.4 is 14.8 Å². The minimum Gasteiger partial charge on any atom is -0.493 e. The molecule has 0 aliphatic heterocycles. The third-order valence-electron chi connectivity index (χ3n) is 6.41. The highest BCUT2D eigenvalue weighted by molar-refractivity contribution is 5.96. The molecule has 3 aromatic rings. The second-order valence-corrected chi connectivity index (χ2v) is 8.82. The van der Waals surface area contributed by atoms with Crippen molar-refractivity contribution in [3.05, 3.63) is 76.6 Å². The summed E-state index contributed by atoms with van der Waals surface area (Å²) in [7, 11) is 1.65. The molecule has 1 aromatic heterocycles. The zero-order valence-electron chi connectivity index (χ0n) is 19.9. The summed E-state index contributed by atoms with van der Waals surface area (Å²) in [5, 5.41) is 7.74. The average Bonchev–Trinajstić information content (AvgIpc) is 3.42. The zero-order valence-corrected chi connectivity index (χ0v) is 19.9. The summed E-state index contributed by atoms with van der Waals surface area (Å²) in [5.41, 5.74) is 4.33. The molecule has 0 bridgehead atoms. The summed E-state index contributed by atoms with van der Waals surface area (Å²) in [6, 6.07) is 15.8. The molecular formula is C27H33N3O3. The number of carbonyl (C=O) groups excluding carboxylic acids is 1. The van der Waals surface area contributed by atoms with Gasteiger partial charge in [0.2, 0.25) is 0 Å². The standard InChI is InChI=1S/C27H33N3O3/c1-18(22-14-15-24(25(16-22)32-4)33-23-12-8-9-13-23)28-27(31)26-19(2)29-30(20(26)3)17-21-10-6-5-7-11-21/h5-7,10-11,14-16,18,23H,8-9,12-13,17H2,1-4H3,(H,28,31). The van der Waals surface area contributed by atoms with Crippen LogP contribution in [0.2, 0.25) is 0 Å². The second-order valence-electron chi connectivity index (χ2n) is 8.82. The van der Waals surface area contributed by atoms with Gasteiger partial charge in [-0.05, 0) is 69.7 Å². The molecule has 6 nitrogen and oxygen atoms in total. The Balaban J connectivity index is 1.47. The van der Waals surface area contributed by atoms with E-state index in [9.17, 15) is 4.79 Å². The van der Waals surface area contributed by atoms with E-state index in [1.807, 2.05) is 61.9 Å². The highest BCUT2D eigenvalue weighted by Crippen LogP contribution is 2.34. The molecule has 0 radical (unpaired) electrons. The average molecular weight is 448 g/mol. The number of ether oxygens (including phenoxy) is 2. The van der Waals surface area contributed by atoms with Crippen LogP contribution >= 0.6 is 0 Å². The van der Waals surface area contributed by atoms with Gasteiger partial charge in [0.25, 0.3) is 5.91 Å². The molecule has 4 rings (SSSR count). The van der Waals surface area contributed by atoms with Gasteiger partial charge in [0, 0.05) is 5.69 Å². The lowest BCUT2D eigenvalue weighted by atomic mass is 10.1. The molecule has 2 aromatic carbocycles. The first kappa shape index (κ1) is 22.9. The number of methoxy groups -OCH3 is 1. The number of nitrogens with zero attached hydrogens (tertiary/aromatic N) is 2. The van der Waals surface area contributed by atoms with Crippen LogP contribution in [-0.2, 0) is 6.54 Å². The predicted octanol–water partition coefficient (Wildman–Crippen LogP) is 5.37. The number of benzene rings is 2. The van der Waals surface area contributed by atoms with Crippen LogP contribution in [0.3, 0.4) is 0 Å². The van der Waals surface area contributed by atoms with Crippen molar-refractivity contribution in [2.75, 3.05) is 7.11 Å². The second kappa shape index (κ2) is 10.1. The maximum atomic E-state index is 13.2. The largest absolute Gasteiger partial charge is 0.493 e. The van der Waals surface area contributed by atoms with Crippen molar-refractivity contribution in [2.45, 2.75) is 65.1 Å². The molecule has 0 saturated heterocycles. The zero-order chi connectivity index (χ0) is 23.4. The summed E-state index contributed by atoms with van der Waals surface area (Å²) in [6.45, 7) is 6.44. The van der Waals surface area contributed by atoms with Gasteiger partial charge in [0.15, 0.2) is 11.5 Å². The molecule has 1 atom stereocenters. The Morgan fingerprint density at radius 1 is 1.12 bits per heavy atom. The van der Waals surface area contributed by atoms with E-state index in [0.29, 0.717) is 17.9 Å². The number of hydrogen-bond donors (Lipinski definition) is 1. The Labute approximate surface area is 195 Å². The van der Waals surface area contributed by atoms with E-state index in [0.717, 1.165) is 41.1 Å². The van der Waals surface area contributed by atoms with Crippen molar-refractivity contribution in [2.24, 2.45) is 0 Å². The molecule has 6 heteroatoms. The van der Waals surface area contributed by atoms with E-state index >= 15 is 0 Å². The third kappa shape index (κ3) is 5.21. The molecule has 1 amide bonds. The summed E-state index contributed by atoms with van der Waals surface area (Å²) >= 11 is 0. The maximum Gasteiger partial charge on any atom is 0.255 e. The van der Waals surface area contributed by atoms with Gasteiger partial charge in [-0.2, -0.15) is 5.10 Å². The van der Waals surface area contributed by atoms with E-state index in [1.54, 1.807) is 7.11 Å². The third-order valence-corrected chi connectivity index (χ3v) is 6.41. The van der Waals surface area contributed by atoms with Crippen molar-refractivity contribution in [1.29, 1.82) is 0 Å². The fourth-order valence-corrected chi connectivity index (χ4v) is 4.52. The summed E-state index contributed by atoms with van der Waals surface area (Å²) in [4.78, 5) is 13.2. The Hall–Kier alpha value is -3.28. The fourth-order valence-electron chi connectivity index (χ4n) is 4.52. The highest BCUT2D eigenvalue weighted by Gasteiger charge is 2.22. The molecule has 1 aliphatic rings. The van der Waals surface area contributed by atoms with E-state index in [2.05, 4.69) is 22.5 Å². The number of amides is 1. The SMILES string of the molecule is COc1cc(C(C)NC(=O)c2c(C)nn(Cc3ccccc3)c2C)ccc1OC1CCCC1. The van der Waals surface area contributed by atoms with Gasteiger partial charge in [0.05, 0.1) is 37.1 Å². The molecule has 33 heavy (non-hydrogen) atoms. The molecular weight excluding hydrogens is 414 g/mol. The lowest BCUT2D eigenvalue weighted by molar-refractivity contribution is 0.0938.